The van der Waals surface area contributed by atoms with Gasteiger partial charge in [-0.3, -0.25) is 19.2 Å². The van der Waals surface area contributed by atoms with Crippen molar-refractivity contribution in [3.63, 3.8) is 0 Å². The summed E-state index contributed by atoms with van der Waals surface area (Å²) < 4.78 is 41.4. The maximum atomic E-state index is 13.3. The van der Waals surface area contributed by atoms with E-state index in [-0.39, 0.29) is 6.42 Å². The van der Waals surface area contributed by atoms with Gasteiger partial charge in [0.15, 0.2) is 25.2 Å². The molecule has 4 aliphatic rings. The molecule has 0 aromatic heterocycles. The largest absolute Gasteiger partial charge is 0.394 e. The number of nitrogens with one attached hydrogen (secondary N) is 4. The highest BCUT2D eigenvalue weighted by Gasteiger charge is 2.56. The highest BCUT2D eigenvalue weighted by molar-refractivity contribution is 5.76. The molecule has 25 heteroatoms. The van der Waals surface area contributed by atoms with E-state index < -0.39 is 173 Å². The third-order valence-electron chi connectivity index (χ3n) is 13.4. The van der Waals surface area contributed by atoms with Crippen molar-refractivity contribution in [3.8, 4) is 0 Å². The number of hydrogen-bond acceptors (Lipinski definition) is 21. The molecule has 73 heavy (non-hydrogen) atoms. The third-order valence-corrected chi connectivity index (χ3v) is 13.4. The smallest absolute Gasteiger partial charge is 0.220 e. The standard InChI is InChI=1S/C48H84N4O21/c1-5-6-7-8-9-10-11-12-13-14-15-16-17-18-19-20-32(60)52-34-38(62)37(61)28(21-53)68-46(34)72-43-30(23-55)70-48(36(40(43)64)51-27(4)59)73-44-31(24-56)69-47(35(41(44)65)50-26(3)58)71-42-29(22-54)67-45(66)33(39(42)63)49-25(2)57/h12-13,28-31,33-48,53-56,61-66H,5-11,14-24H2,1-4H3,(H,49,57)(H,50,58)(H,51,59)(H,52,60)/b13-12-/t28-,29-,30-,31-,33-,34?,35-,36-,37?,38-,39?,40?,41-,42-,43-,44-,45-,46+,47+,48+/m1/s1. The number of rotatable bonds is 29. The van der Waals surface area contributed by atoms with Gasteiger partial charge in [-0.25, -0.2) is 0 Å². The fourth-order valence-corrected chi connectivity index (χ4v) is 9.55. The Morgan fingerprint density at radius 1 is 0.438 bits per heavy atom. The van der Waals surface area contributed by atoms with Crippen molar-refractivity contribution in [1.82, 2.24) is 21.3 Å². The molecule has 0 spiro atoms. The Hall–Kier alpha value is -3.06. The van der Waals surface area contributed by atoms with E-state index in [0.717, 1.165) is 59.3 Å². The van der Waals surface area contributed by atoms with Gasteiger partial charge in [-0.05, 0) is 32.1 Å². The molecule has 0 radical (unpaired) electrons. The zero-order chi connectivity index (χ0) is 53.8. The van der Waals surface area contributed by atoms with Gasteiger partial charge < -0.3 is 105 Å². The van der Waals surface area contributed by atoms with E-state index in [4.69, 9.17) is 33.2 Å². The fraction of sp³-hybridized carbons (Fsp3) is 0.875. The summed E-state index contributed by atoms with van der Waals surface area (Å²) in [5, 5.41) is 119. The number of hydrogen-bond donors (Lipinski definition) is 14. The van der Waals surface area contributed by atoms with Crippen LogP contribution >= 0.6 is 0 Å². The van der Waals surface area contributed by atoms with E-state index in [1.54, 1.807) is 0 Å². The Bertz CT molecular complexity index is 1690. The number of aliphatic hydroxyl groups is 10. The van der Waals surface area contributed by atoms with E-state index in [1.165, 1.54) is 38.5 Å². The predicted octanol–water partition coefficient (Wildman–Crippen LogP) is -3.16. The van der Waals surface area contributed by atoms with Crippen molar-refractivity contribution in [1.29, 1.82) is 0 Å². The summed E-state index contributed by atoms with van der Waals surface area (Å²) in [6.45, 7) is 2.04. The molecule has 4 unspecified atom stereocenters. The summed E-state index contributed by atoms with van der Waals surface area (Å²) in [7, 11) is 0. The number of carbonyl (C=O) groups is 4. The highest BCUT2D eigenvalue weighted by Crippen LogP contribution is 2.34. The normalized spacial score (nSPS) is 36.9. The minimum absolute atomic E-state index is 0.0518. The van der Waals surface area contributed by atoms with Crippen LogP contribution in [0.5, 0.6) is 0 Å². The van der Waals surface area contributed by atoms with E-state index in [9.17, 15) is 70.2 Å². The SMILES string of the molecule is CCCCCCCC/C=C\CCCCCCCC(=O)NC1[C@H](O[C@H]2C(O)[C@@H](NC(C)=O)[C@H](O[C@H]3[C@H](O)[C@@H](NC(C)=O)[C@H](O[C@H]4C(O)[C@@H](NC(C)=O)[C@H](O)O[C@@H]4CO)O[C@@H]3CO)O[C@@H]2CO)O[C@H](CO)C(O)[C@@H]1O. The first-order valence-corrected chi connectivity index (χ1v) is 25.8. The average Bonchev–Trinajstić information content (AvgIpc) is 3.35. The Balaban J connectivity index is 1.44. The minimum atomic E-state index is -1.90. The number of ether oxygens (including phenoxy) is 7. The molecule has 25 nitrogen and oxygen atoms in total. The second-order valence-corrected chi connectivity index (χ2v) is 19.3. The number of amides is 4. The minimum Gasteiger partial charge on any atom is -0.394 e. The van der Waals surface area contributed by atoms with Crippen LogP contribution in [-0.2, 0) is 52.3 Å². The second kappa shape index (κ2) is 31.9. The van der Waals surface area contributed by atoms with Crippen molar-refractivity contribution in [2.75, 3.05) is 26.4 Å². The van der Waals surface area contributed by atoms with Crippen LogP contribution in [0.1, 0.15) is 118 Å². The maximum Gasteiger partial charge on any atom is 0.220 e. The van der Waals surface area contributed by atoms with Crippen LogP contribution in [-0.4, -0.2) is 224 Å². The van der Waals surface area contributed by atoms with E-state index in [2.05, 4.69) is 40.3 Å². The third kappa shape index (κ3) is 18.3. The molecule has 0 aromatic carbocycles. The van der Waals surface area contributed by atoms with E-state index in [1.807, 2.05) is 0 Å². The van der Waals surface area contributed by atoms with E-state index >= 15 is 0 Å². The van der Waals surface area contributed by atoms with Crippen molar-refractivity contribution in [2.24, 2.45) is 0 Å². The Kier molecular flexibility index (Phi) is 27.3. The summed E-state index contributed by atoms with van der Waals surface area (Å²) in [6, 6.07) is -6.17. The van der Waals surface area contributed by atoms with Crippen LogP contribution in [0, 0.1) is 0 Å². The first-order valence-electron chi connectivity index (χ1n) is 25.8. The fourth-order valence-electron chi connectivity index (χ4n) is 9.55. The summed E-state index contributed by atoms with van der Waals surface area (Å²) in [5.41, 5.74) is 0. The van der Waals surface area contributed by atoms with Crippen LogP contribution in [0.15, 0.2) is 12.2 Å². The molecule has 0 bridgehead atoms. The number of carbonyl (C=O) groups excluding carboxylic acids is 4. The van der Waals surface area contributed by atoms with E-state index in [0.29, 0.717) is 6.42 Å². The number of unbranched alkanes of at least 4 members (excludes halogenated alkanes) is 11. The van der Waals surface area contributed by atoms with Gasteiger partial charge in [0.25, 0.3) is 0 Å². The van der Waals surface area contributed by atoms with Gasteiger partial charge in [0, 0.05) is 27.2 Å². The molecule has 4 heterocycles. The molecular formula is C48H84N4O21. The second-order valence-electron chi connectivity index (χ2n) is 19.3. The molecule has 0 aromatic rings. The molecule has 4 aliphatic heterocycles. The lowest BCUT2D eigenvalue weighted by Crippen LogP contribution is -2.71. The van der Waals surface area contributed by atoms with Crippen LogP contribution in [0.4, 0.5) is 0 Å². The first-order chi connectivity index (χ1) is 34.9. The van der Waals surface area contributed by atoms with Crippen molar-refractivity contribution in [3.05, 3.63) is 12.2 Å². The molecular weight excluding hydrogens is 969 g/mol. The number of allylic oxidation sites excluding steroid dienone is 2. The molecule has 4 saturated heterocycles. The van der Waals surface area contributed by atoms with Crippen LogP contribution < -0.4 is 21.3 Å². The lowest BCUT2D eigenvalue weighted by atomic mass is 9.93. The Morgan fingerprint density at radius 2 is 0.795 bits per heavy atom. The van der Waals surface area contributed by atoms with Crippen molar-refractivity contribution in [2.45, 2.75) is 240 Å². The van der Waals surface area contributed by atoms with Crippen LogP contribution in [0.25, 0.3) is 0 Å². The van der Waals surface area contributed by atoms with Gasteiger partial charge in [-0.2, -0.15) is 0 Å². The van der Waals surface area contributed by atoms with Gasteiger partial charge in [-0.1, -0.05) is 70.4 Å². The summed E-state index contributed by atoms with van der Waals surface area (Å²) in [4.78, 5) is 50.3. The van der Waals surface area contributed by atoms with Gasteiger partial charge in [-0.15, -0.1) is 0 Å². The number of aliphatic hydroxyl groups excluding tert-OH is 10. The predicted molar refractivity (Wildman–Crippen MR) is 254 cm³/mol. The average molecular weight is 1050 g/mol. The monoisotopic (exact) mass is 1050 g/mol. The zero-order valence-electron chi connectivity index (χ0n) is 42.4. The van der Waals surface area contributed by atoms with Crippen LogP contribution in [0.3, 0.4) is 0 Å². The molecule has 14 N–H and O–H groups in total. The topological polar surface area (TPSA) is 383 Å². The molecule has 422 valence electrons. The van der Waals surface area contributed by atoms with Crippen molar-refractivity contribution >= 4 is 23.6 Å². The lowest BCUT2D eigenvalue weighted by molar-refractivity contribution is -0.362. The van der Waals surface area contributed by atoms with Gasteiger partial charge in [0.1, 0.15) is 97.4 Å². The molecule has 0 saturated carbocycles. The van der Waals surface area contributed by atoms with Crippen LogP contribution in [0.2, 0.25) is 0 Å². The lowest BCUT2D eigenvalue weighted by Gasteiger charge is -2.51. The van der Waals surface area contributed by atoms with Crippen molar-refractivity contribution < 1.29 is 103 Å². The maximum absolute atomic E-state index is 13.3. The molecule has 20 atom stereocenters. The quantitative estimate of drug-likeness (QED) is 0.0260. The highest BCUT2D eigenvalue weighted by atomic mass is 16.8. The summed E-state index contributed by atoms with van der Waals surface area (Å²) >= 11 is 0. The van der Waals surface area contributed by atoms with Gasteiger partial charge >= 0.3 is 0 Å². The molecule has 4 fully saturated rings. The zero-order valence-corrected chi connectivity index (χ0v) is 42.4. The molecule has 0 aliphatic carbocycles. The summed E-state index contributed by atoms with van der Waals surface area (Å²) in [5.74, 6) is -2.66. The Morgan fingerprint density at radius 3 is 1.22 bits per heavy atom. The Labute approximate surface area is 426 Å². The summed E-state index contributed by atoms with van der Waals surface area (Å²) in [6.07, 6.45) is -8.64. The molecule has 4 rings (SSSR count). The van der Waals surface area contributed by atoms with Gasteiger partial charge in [0.05, 0.1) is 26.4 Å². The first kappa shape index (κ1) is 62.5. The molecule has 4 amide bonds. The van der Waals surface area contributed by atoms with Gasteiger partial charge in [0.2, 0.25) is 23.6 Å².